The maximum atomic E-state index is 12.2. The average Bonchev–Trinajstić information content (AvgIpc) is 3.16. The molecule has 0 aliphatic carbocycles. The van der Waals surface area contributed by atoms with Crippen molar-refractivity contribution in [3.8, 4) is 5.75 Å². The summed E-state index contributed by atoms with van der Waals surface area (Å²) >= 11 is 0. The lowest BCUT2D eigenvalue weighted by molar-refractivity contribution is -0.121. The fourth-order valence-corrected chi connectivity index (χ4v) is 2.71. The first kappa shape index (κ1) is 20.4. The maximum absolute atomic E-state index is 12.2. The number of nitrogens with zero attached hydrogens (tertiary/aromatic N) is 3. The minimum Gasteiger partial charge on any atom is -0.494 e. The molecule has 0 fully saturated rings. The molecule has 27 heavy (non-hydrogen) atoms. The van der Waals surface area contributed by atoms with Crippen LogP contribution in [0.3, 0.4) is 0 Å². The predicted molar refractivity (Wildman–Crippen MR) is 102 cm³/mol. The maximum Gasteiger partial charge on any atom is 0.321 e. The van der Waals surface area contributed by atoms with Crippen molar-refractivity contribution in [3.63, 3.8) is 0 Å². The summed E-state index contributed by atoms with van der Waals surface area (Å²) in [5.74, 6) is 0.470. The highest BCUT2D eigenvalue weighted by Crippen LogP contribution is 2.20. The molecule has 3 amide bonds. The Balaban J connectivity index is 2.01. The van der Waals surface area contributed by atoms with Crippen molar-refractivity contribution in [2.24, 2.45) is 0 Å². The quantitative estimate of drug-likeness (QED) is 0.661. The van der Waals surface area contributed by atoms with E-state index in [-0.39, 0.29) is 12.5 Å². The van der Waals surface area contributed by atoms with Gasteiger partial charge in [0.2, 0.25) is 5.91 Å². The molecule has 0 aliphatic rings. The van der Waals surface area contributed by atoms with Crippen LogP contribution in [0.4, 0.5) is 4.79 Å². The highest BCUT2D eigenvalue weighted by Gasteiger charge is 2.15. The molecule has 0 unspecified atom stereocenters. The first-order valence-electron chi connectivity index (χ1n) is 9.02. The summed E-state index contributed by atoms with van der Waals surface area (Å²) in [5, 5.41) is 4.70. The molecule has 8 heteroatoms. The number of carbonyl (C=O) groups is 2. The SMILES string of the molecule is CCOc1ccccc1CN(CCCn1ccnc1)CC(=O)NC(=O)NC. The number of nitrogens with one attached hydrogen (secondary N) is 2. The van der Waals surface area contributed by atoms with Gasteiger partial charge >= 0.3 is 6.03 Å². The Kier molecular flexibility index (Phi) is 8.31. The molecule has 8 nitrogen and oxygen atoms in total. The van der Waals surface area contributed by atoms with Gasteiger partial charge in [-0.1, -0.05) is 18.2 Å². The monoisotopic (exact) mass is 373 g/mol. The van der Waals surface area contributed by atoms with Crippen LogP contribution in [-0.2, 0) is 17.9 Å². The third kappa shape index (κ3) is 7.10. The summed E-state index contributed by atoms with van der Waals surface area (Å²) in [7, 11) is 1.48. The van der Waals surface area contributed by atoms with Gasteiger partial charge < -0.3 is 14.6 Å². The molecule has 0 saturated carbocycles. The summed E-state index contributed by atoms with van der Waals surface area (Å²) < 4.78 is 7.68. The van der Waals surface area contributed by atoms with Gasteiger partial charge in [0.1, 0.15) is 5.75 Å². The van der Waals surface area contributed by atoms with Crippen LogP contribution in [-0.4, -0.2) is 53.1 Å². The first-order valence-corrected chi connectivity index (χ1v) is 9.02. The number of ether oxygens (including phenoxy) is 1. The first-order chi connectivity index (χ1) is 13.1. The summed E-state index contributed by atoms with van der Waals surface area (Å²) in [5.41, 5.74) is 1.01. The molecular weight excluding hydrogens is 346 g/mol. The second-order valence-corrected chi connectivity index (χ2v) is 6.03. The molecule has 1 heterocycles. The molecule has 0 atom stereocenters. The Morgan fingerprint density at radius 2 is 2.11 bits per heavy atom. The number of imide groups is 1. The number of hydrogen-bond acceptors (Lipinski definition) is 5. The number of para-hydroxylation sites is 1. The standard InChI is InChI=1S/C19H27N5O3/c1-3-27-17-8-5-4-7-16(17)13-24(14-18(25)22-19(26)20-2)11-6-10-23-12-9-21-15-23/h4-5,7-9,12,15H,3,6,10-11,13-14H2,1-2H3,(H2,20,22,25,26). The molecule has 2 N–H and O–H groups in total. The van der Waals surface area contributed by atoms with E-state index >= 15 is 0 Å². The van der Waals surface area contributed by atoms with Gasteiger partial charge in [0.05, 0.1) is 19.5 Å². The van der Waals surface area contributed by atoms with Crippen LogP contribution in [0.15, 0.2) is 43.0 Å². The van der Waals surface area contributed by atoms with E-state index in [9.17, 15) is 9.59 Å². The van der Waals surface area contributed by atoms with Crippen molar-refractivity contribution >= 4 is 11.9 Å². The number of urea groups is 1. The van der Waals surface area contributed by atoms with Crippen molar-refractivity contribution in [1.82, 2.24) is 25.1 Å². The van der Waals surface area contributed by atoms with Crippen LogP contribution >= 0.6 is 0 Å². The van der Waals surface area contributed by atoms with Crippen molar-refractivity contribution in [3.05, 3.63) is 48.5 Å². The highest BCUT2D eigenvalue weighted by molar-refractivity contribution is 5.95. The fraction of sp³-hybridized carbons (Fsp3) is 0.421. The van der Waals surface area contributed by atoms with E-state index in [4.69, 9.17) is 4.74 Å². The van der Waals surface area contributed by atoms with Crippen LogP contribution in [0.25, 0.3) is 0 Å². The van der Waals surface area contributed by atoms with Gasteiger partial charge in [-0.25, -0.2) is 9.78 Å². The Hall–Kier alpha value is -2.87. The third-order valence-electron chi connectivity index (χ3n) is 3.96. The van der Waals surface area contributed by atoms with Gasteiger partial charge in [-0.15, -0.1) is 0 Å². The average molecular weight is 373 g/mol. The van der Waals surface area contributed by atoms with Gasteiger partial charge in [-0.2, -0.15) is 0 Å². The Bertz CT molecular complexity index is 718. The Morgan fingerprint density at radius 3 is 2.81 bits per heavy atom. The Labute approximate surface area is 159 Å². The fourth-order valence-electron chi connectivity index (χ4n) is 2.71. The van der Waals surface area contributed by atoms with Crippen LogP contribution in [0, 0.1) is 0 Å². The van der Waals surface area contributed by atoms with E-state index in [1.54, 1.807) is 12.5 Å². The van der Waals surface area contributed by atoms with E-state index in [0.717, 1.165) is 24.3 Å². The molecule has 1 aromatic carbocycles. The van der Waals surface area contributed by atoms with E-state index in [2.05, 4.69) is 15.6 Å². The van der Waals surface area contributed by atoms with Crippen molar-refractivity contribution < 1.29 is 14.3 Å². The molecule has 2 rings (SSSR count). The topological polar surface area (TPSA) is 88.5 Å². The zero-order valence-corrected chi connectivity index (χ0v) is 15.9. The normalized spacial score (nSPS) is 10.6. The number of benzene rings is 1. The van der Waals surface area contributed by atoms with Gasteiger partial charge in [-0.05, 0) is 19.4 Å². The van der Waals surface area contributed by atoms with Crippen molar-refractivity contribution in [2.45, 2.75) is 26.4 Å². The highest BCUT2D eigenvalue weighted by atomic mass is 16.5. The van der Waals surface area contributed by atoms with Crippen LogP contribution in [0.5, 0.6) is 5.75 Å². The molecule has 0 spiro atoms. The second kappa shape index (κ2) is 11.0. The molecule has 0 radical (unpaired) electrons. The lowest BCUT2D eigenvalue weighted by atomic mass is 10.1. The number of rotatable bonds is 10. The molecule has 1 aromatic heterocycles. The summed E-state index contributed by atoms with van der Waals surface area (Å²) in [4.78, 5) is 29.6. The number of imidazole rings is 1. The van der Waals surface area contributed by atoms with Crippen LogP contribution < -0.4 is 15.4 Å². The Morgan fingerprint density at radius 1 is 1.30 bits per heavy atom. The molecule has 146 valence electrons. The van der Waals surface area contributed by atoms with Crippen molar-refractivity contribution in [1.29, 1.82) is 0 Å². The van der Waals surface area contributed by atoms with Gasteiger partial charge in [-0.3, -0.25) is 15.0 Å². The second-order valence-electron chi connectivity index (χ2n) is 6.03. The van der Waals surface area contributed by atoms with Gasteiger partial charge in [0, 0.05) is 44.6 Å². The van der Waals surface area contributed by atoms with E-state index in [0.29, 0.717) is 19.7 Å². The third-order valence-corrected chi connectivity index (χ3v) is 3.96. The summed E-state index contributed by atoms with van der Waals surface area (Å²) in [6, 6.07) is 7.29. The van der Waals surface area contributed by atoms with Crippen LogP contribution in [0.1, 0.15) is 18.9 Å². The number of carbonyl (C=O) groups excluding carboxylic acids is 2. The number of amides is 3. The van der Waals surface area contributed by atoms with E-state index < -0.39 is 6.03 Å². The van der Waals surface area contributed by atoms with E-state index in [1.165, 1.54) is 7.05 Å². The summed E-state index contributed by atoms with van der Waals surface area (Å²) in [6.07, 6.45) is 6.27. The minimum absolute atomic E-state index is 0.123. The van der Waals surface area contributed by atoms with Crippen molar-refractivity contribution in [2.75, 3.05) is 26.7 Å². The van der Waals surface area contributed by atoms with E-state index in [1.807, 2.05) is 46.9 Å². The zero-order valence-electron chi connectivity index (χ0n) is 15.9. The molecular formula is C19H27N5O3. The lowest BCUT2D eigenvalue weighted by Crippen LogP contribution is -2.43. The molecule has 2 aromatic rings. The molecule has 0 bridgehead atoms. The number of aryl methyl sites for hydroxylation is 1. The molecule has 0 aliphatic heterocycles. The van der Waals surface area contributed by atoms with Gasteiger partial charge in [0.15, 0.2) is 0 Å². The molecule has 0 saturated heterocycles. The number of hydrogen-bond donors (Lipinski definition) is 2. The minimum atomic E-state index is -0.506. The predicted octanol–water partition coefficient (Wildman–Crippen LogP) is 1.63. The largest absolute Gasteiger partial charge is 0.494 e. The van der Waals surface area contributed by atoms with Crippen LogP contribution in [0.2, 0.25) is 0 Å². The van der Waals surface area contributed by atoms with Gasteiger partial charge in [0.25, 0.3) is 0 Å². The summed E-state index contributed by atoms with van der Waals surface area (Å²) in [6.45, 7) is 4.70. The lowest BCUT2D eigenvalue weighted by Gasteiger charge is -2.23. The zero-order chi connectivity index (χ0) is 19.5. The smallest absolute Gasteiger partial charge is 0.321 e. The number of aromatic nitrogens is 2.